The Balaban J connectivity index is 2.03. The van der Waals surface area contributed by atoms with E-state index in [-0.39, 0.29) is 11.9 Å². The van der Waals surface area contributed by atoms with Gasteiger partial charge in [-0.15, -0.1) is 11.3 Å². The lowest BCUT2D eigenvalue weighted by Gasteiger charge is -2.14. The van der Waals surface area contributed by atoms with E-state index in [1.165, 1.54) is 21.4 Å². The molecule has 0 saturated carbocycles. The maximum Gasteiger partial charge on any atom is 0.127 e. The van der Waals surface area contributed by atoms with Crippen molar-refractivity contribution in [1.29, 1.82) is 0 Å². The van der Waals surface area contributed by atoms with Crippen LogP contribution in [0.4, 0.5) is 4.39 Å². The van der Waals surface area contributed by atoms with E-state index in [1.54, 1.807) is 6.07 Å². The number of hydrogen-bond donors (Lipinski definition) is 1. The van der Waals surface area contributed by atoms with Crippen molar-refractivity contribution in [3.05, 3.63) is 57.0 Å². The quantitative estimate of drug-likeness (QED) is 0.864. The van der Waals surface area contributed by atoms with Crippen molar-refractivity contribution in [3.63, 3.8) is 0 Å². The summed E-state index contributed by atoms with van der Waals surface area (Å²) in [7, 11) is 0. The van der Waals surface area contributed by atoms with E-state index in [0.717, 1.165) is 0 Å². The first-order valence-corrected chi connectivity index (χ1v) is 6.93. The standard InChI is InChI=1S/C15H18FNS/c1-10-8-14(12(3)18-10)11(2)17-9-13-6-4-5-7-15(13)16/h4-8,11,17H,9H2,1-3H3. The van der Waals surface area contributed by atoms with Crippen LogP contribution in [0, 0.1) is 19.7 Å². The van der Waals surface area contributed by atoms with Crippen molar-refractivity contribution in [2.75, 3.05) is 0 Å². The van der Waals surface area contributed by atoms with Crippen LogP contribution in [-0.4, -0.2) is 0 Å². The molecule has 0 aliphatic rings. The molecule has 1 N–H and O–H groups in total. The summed E-state index contributed by atoms with van der Waals surface area (Å²) in [5, 5.41) is 3.38. The summed E-state index contributed by atoms with van der Waals surface area (Å²) in [6.45, 7) is 6.93. The Kier molecular flexibility index (Phi) is 4.15. The Labute approximate surface area is 112 Å². The predicted octanol–water partition coefficient (Wildman–Crippen LogP) is 4.35. The van der Waals surface area contributed by atoms with Crippen LogP contribution >= 0.6 is 11.3 Å². The zero-order valence-corrected chi connectivity index (χ0v) is 11.8. The van der Waals surface area contributed by atoms with Crippen molar-refractivity contribution in [1.82, 2.24) is 5.32 Å². The molecule has 2 aromatic rings. The van der Waals surface area contributed by atoms with Crippen LogP contribution in [0.2, 0.25) is 0 Å². The average molecular weight is 263 g/mol. The summed E-state index contributed by atoms with van der Waals surface area (Å²) >= 11 is 1.81. The van der Waals surface area contributed by atoms with Gasteiger partial charge in [0.1, 0.15) is 5.82 Å². The molecule has 3 heteroatoms. The van der Waals surface area contributed by atoms with Crippen LogP contribution in [0.3, 0.4) is 0 Å². The monoisotopic (exact) mass is 263 g/mol. The summed E-state index contributed by atoms with van der Waals surface area (Å²) in [6.07, 6.45) is 0. The fraction of sp³-hybridized carbons (Fsp3) is 0.333. The Hall–Kier alpha value is -1.19. The van der Waals surface area contributed by atoms with Crippen molar-refractivity contribution < 1.29 is 4.39 Å². The molecule has 1 nitrogen and oxygen atoms in total. The van der Waals surface area contributed by atoms with Crippen LogP contribution in [0.1, 0.15) is 33.8 Å². The minimum absolute atomic E-state index is 0.143. The lowest BCUT2D eigenvalue weighted by Crippen LogP contribution is -2.18. The van der Waals surface area contributed by atoms with Gasteiger partial charge in [-0.25, -0.2) is 4.39 Å². The minimum Gasteiger partial charge on any atom is -0.306 e. The van der Waals surface area contributed by atoms with E-state index in [9.17, 15) is 4.39 Å². The largest absolute Gasteiger partial charge is 0.306 e. The third-order valence-electron chi connectivity index (χ3n) is 3.10. The van der Waals surface area contributed by atoms with Crippen molar-refractivity contribution in [2.24, 2.45) is 0 Å². The summed E-state index contributed by atoms with van der Waals surface area (Å²) in [4.78, 5) is 2.66. The first-order valence-electron chi connectivity index (χ1n) is 6.11. The lowest BCUT2D eigenvalue weighted by atomic mass is 10.1. The Morgan fingerprint density at radius 1 is 1.28 bits per heavy atom. The highest BCUT2D eigenvalue weighted by atomic mass is 32.1. The molecule has 0 aliphatic heterocycles. The van der Waals surface area contributed by atoms with E-state index < -0.39 is 0 Å². The summed E-state index contributed by atoms with van der Waals surface area (Å²) < 4.78 is 13.5. The second kappa shape index (κ2) is 5.63. The average Bonchev–Trinajstić information content (AvgIpc) is 2.67. The number of hydrogen-bond acceptors (Lipinski definition) is 2. The van der Waals surface area contributed by atoms with Crippen LogP contribution < -0.4 is 5.32 Å². The summed E-state index contributed by atoms with van der Waals surface area (Å²) in [5.41, 5.74) is 2.03. The highest BCUT2D eigenvalue weighted by molar-refractivity contribution is 7.12. The predicted molar refractivity (Wildman–Crippen MR) is 75.4 cm³/mol. The van der Waals surface area contributed by atoms with Crippen LogP contribution in [0.5, 0.6) is 0 Å². The fourth-order valence-corrected chi connectivity index (χ4v) is 3.12. The number of rotatable bonds is 4. The van der Waals surface area contributed by atoms with Gasteiger partial charge in [0.2, 0.25) is 0 Å². The molecular formula is C15H18FNS. The van der Waals surface area contributed by atoms with Gasteiger partial charge in [-0.3, -0.25) is 0 Å². The second-order valence-electron chi connectivity index (χ2n) is 4.56. The smallest absolute Gasteiger partial charge is 0.127 e. The molecule has 0 saturated heterocycles. The van der Waals surface area contributed by atoms with E-state index in [0.29, 0.717) is 12.1 Å². The maximum absolute atomic E-state index is 13.5. The Morgan fingerprint density at radius 3 is 2.61 bits per heavy atom. The molecule has 0 spiro atoms. The number of halogens is 1. The normalized spacial score (nSPS) is 12.7. The molecule has 0 amide bonds. The first kappa shape index (κ1) is 13.2. The summed E-state index contributed by atoms with van der Waals surface area (Å²) in [5.74, 6) is -0.143. The van der Waals surface area contributed by atoms with Crippen LogP contribution in [0.25, 0.3) is 0 Å². The van der Waals surface area contributed by atoms with E-state index >= 15 is 0 Å². The highest BCUT2D eigenvalue weighted by Gasteiger charge is 2.11. The molecule has 2 rings (SSSR count). The summed E-state index contributed by atoms with van der Waals surface area (Å²) in [6, 6.07) is 9.36. The Bertz CT molecular complexity index is 533. The van der Waals surface area contributed by atoms with Gasteiger partial charge in [0, 0.05) is 27.9 Å². The maximum atomic E-state index is 13.5. The van der Waals surface area contributed by atoms with Crippen molar-refractivity contribution in [3.8, 4) is 0 Å². The number of thiophene rings is 1. The van der Waals surface area contributed by atoms with Gasteiger partial charge in [0.15, 0.2) is 0 Å². The van der Waals surface area contributed by atoms with Gasteiger partial charge < -0.3 is 5.32 Å². The van der Waals surface area contributed by atoms with Gasteiger partial charge in [0.25, 0.3) is 0 Å². The number of nitrogens with one attached hydrogen (secondary N) is 1. The first-order chi connectivity index (χ1) is 8.58. The molecule has 0 bridgehead atoms. The zero-order valence-electron chi connectivity index (χ0n) is 11.0. The van der Waals surface area contributed by atoms with Crippen molar-refractivity contribution in [2.45, 2.75) is 33.4 Å². The number of aryl methyl sites for hydroxylation is 2. The fourth-order valence-electron chi connectivity index (χ4n) is 2.10. The second-order valence-corrected chi connectivity index (χ2v) is 6.02. The third kappa shape index (κ3) is 2.98. The van der Waals surface area contributed by atoms with Gasteiger partial charge in [-0.1, -0.05) is 18.2 Å². The van der Waals surface area contributed by atoms with Gasteiger partial charge >= 0.3 is 0 Å². The minimum atomic E-state index is -0.143. The lowest BCUT2D eigenvalue weighted by molar-refractivity contribution is 0.544. The molecular weight excluding hydrogens is 245 g/mol. The topological polar surface area (TPSA) is 12.0 Å². The van der Waals surface area contributed by atoms with Crippen LogP contribution in [0.15, 0.2) is 30.3 Å². The molecule has 1 unspecified atom stereocenters. The molecule has 0 aliphatic carbocycles. The van der Waals surface area contributed by atoms with Gasteiger partial charge in [0.05, 0.1) is 0 Å². The molecule has 18 heavy (non-hydrogen) atoms. The molecule has 96 valence electrons. The third-order valence-corrected chi connectivity index (χ3v) is 4.08. The van der Waals surface area contributed by atoms with E-state index in [2.05, 4.69) is 32.2 Å². The zero-order chi connectivity index (χ0) is 13.1. The molecule has 1 aromatic heterocycles. The number of benzene rings is 1. The van der Waals surface area contributed by atoms with Crippen LogP contribution in [-0.2, 0) is 6.54 Å². The van der Waals surface area contributed by atoms with Gasteiger partial charge in [-0.05, 0) is 38.5 Å². The van der Waals surface area contributed by atoms with E-state index in [4.69, 9.17) is 0 Å². The molecule has 1 aromatic carbocycles. The molecule has 1 atom stereocenters. The molecule has 1 heterocycles. The molecule has 0 fully saturated rings. The highest BCUT2D eigenvalue weighted by Crippen LogP contribution is 2.26. The molecule has 0 radical (unpaired) electrons. The Morgan fingerprint density at radius 2 is 2.00 bits per heavy atom. The SMILES string of the molecule is Cc1cc(C(C)NCc2ccccc2F)c(C)s1. The van der Waals surface area contributed by atoms with Crippen molar-refractivity contribution >= 4 is 11.3 Å². The van der Waals surface area contributed by atoms with Gasteiger partial charge in [-0.2, -0.15) is 0 Å². The van der Waals surface area contributed by atoms with E-state index in [1.807, 2.05) is 23.5 Å².